The van der Waals surface area contributed by atoms with Crippen molar-refractivity contribution in [1.82, 2.24) is 15.1 Å². The average Bonchev–Trinajstić information content (AvgIpc) is 2.55. The van der Waals surface area contributed by atoms with Gasteiger partial charge in [-0.25, -0.2) is 8.42 Å². The Morgan fingerprint density at radius 3 is 2.19 bits per heavy atom. The van der Waals surface area contributed by atoms with Crippen molar-refractivity contribution in [2.24, 2.45) is 5.92 Å². The summed E-state index contributed by atoms with van der Waals surface area (Å²) < 4.78 is 22.7. The van der Waals surface area contributed by atoms with Crippen LogP contribution in [-0.2, 0) is 15.6 Å². The number of amides is 1. The lowest BCUT2D eigenvalue weighted by atomic mass is 10.0. The number of hydrogen-bond acceptors (Lipinski definition) is 5. The highest BCUT2D eigenvalue weighted by molar-refractivity contribution is 7.89. The lowest BCUT2D eigenvalue weighted by molar-refractivity contribution is 0.0791. The van der Waals surface area contributed by atoms with E-state index in [-0.39, 0.29) is 11.7 Å². The molecule has 26 heavy (non-hydrogen) atoms. The van der Waals surface area contributed by atoms with Crippen molar-refractivity contribution in [3.05, 3.63) is 35.4 Å². The number of nitrogens with one attached hydrogen (secondary N) is 1. The standard InChI is InChI=1S/C19H31N3O3S/c1-15(2)18(22-11-9-21(3)10-12-22)13-20-19(23)17-7-5-16(6-8-17)14-26(4,24)25/h5-8,15,18H,9-14H2,1-4H3,(H,20,23). The van der Waals surface area contributed by atoms with Gasteiger partial charge in [0.05, 0.1) is 5.75 Å². The fraction of sp³-hybridized carbons (Fsp3) is 0.632. The molecule has 1 atom stereocenters. The topological polar surface area (TPSA) is 69.7 Å². The number of carbonyl (C=O) groups excluding carboxylic acids is 1. The molecule has 2 rings (SSSR count). The van der Waals surface area contributed by atoms with Crippen LogP contribution in [0.15, 0.2) is 24.3 Å². The Morgan fingerprint density at radius 2 is 1.69 bits per heavy atom. The predicted molar refractivity (Wildman–Crippen MR) is 105 cm³/mol. The molecule has 1 aromatic rings. The van der Waals surface area contributed by atoms with Gasteiger partial charge in [-0.15, -0.1) is 0 Å². The minimum atomic E-state index is -3.07. The summed E-state index contributed by atoms with van der Waals surface area (Å²) >= 11 is 0. The molecule has 0 aliphatic carbocycles. The summed E-state index contributed by atoms with van der Waals surface area (Å²) in [6.07, 6.45) is 1.21. The van der Waals surface area contributed by atoms with Crippen molar-refractivity contribution in [2.75, 3.05) is 46.0 Å². The number of hydrogen-bond donors (Lipinski definition) is 1. The number of benzene rings is 1. The molecule has 0 saturated carbocycles. The smallest absolute Gasteiger partial charge is 0.251 e. The van der Waals surface area contributed by atoms with Crippen LogP contribution >= 0.6 is 0 Å². The first kappa shape index (κ1) is 20.9. The molecule has 0 radical (unpaired) electrons. The molecule has 1 aliphatic rings. The van der Waals surface area contributed by atoms with Crippen molar-refractivity contribution in [3.8, 4) is 0 Å². The fourth-order valence-corrected chi connectivity index (χ4v) is 4.09. The fourth-order valence-electron chi connectivity index (χ4n) is 3.29. The van der Waals surface area contributed by atoms with Gasteiger partial charge in [-0.3, -0.25) is 9.69 Å². The van der Waals surface area contributed by atoms with E-state index in [2.05, 4.69) is 36.0 Å². The van der Waals surface area contributed by atoms with Gasteiger partial charge in [0.25, 0.3) is 5.91 Å². The van der Waals surface area contributed by atoms with Crippen LogP contribution in [0.5, 0.6) is 0 Å². The lowest BCUT2D eigenvalue weighted by Gasteiger charge is -2.39. The highest BCUT2D eigenvalue weighted by Gasteiger charge is 2.25. The van der Waals surface area contributed by atoms with Crippen LogP contribution in [0.25, 0.3) is 0 Å². The molecule has 1 amide bonds. The van der Waals surface area contributed by atoms with Crippen LogP contribution in [0.2, 0.25) is 0 Å². The number of likely N-dealkylation sites (N-methyl/N-ethyl adjacent to an activating group) is 1. The first-order valence-electron chi connectivity index (χ1n) is 9.13. The molecule has 7 heteroatoms. The molecule has 1 saturated heterocycles. The van der Waals surface area contributed by atoms with Gasteiger partial charge in [0, 0.05) is 50.6 Å². The summed E-state index contributed by atoms with van der Waals surface area (Å²) in [6, 6.07) is 7.11. The highest BCUT2D eigenvalue weighted by atomic mass is 32.2. The molecule has 0 aromatic heterocycles. The molecule has 6 nitrogen and oxygen atoms in total. The van der Waals surface area contributed by atoms with Gasteiger partial charge in [0.2, 0.25) is 0 Å². The van der Waals surface area contributed by atoms with Crippen molar-refractivity contribution in [1.29, 1.82) is 0 Å². The summed E-state index contributed by atoms with van der Waals surface area (Å²) in [5.74, 6) is 0.333. The summed E-state index contributed by atoms with van der Waals surface area (Å²) in [7, 11) is -0.931. The zero-order valence-electron chi connectivity index (χ0n) is 16.2. The second kappa shape index (κ2) is 8.97. The second-order valence-corrected chi connectivity index (χ2v) is 9.77. The van der Waals surface area contributed by atoms with Crippen LogP contribution in [0.4, 0.5) is 0 Å². The Balaban J connectivity index is 1.93. The molecule has 1 heterocycles. The van der Waals surface area contributed by atoms with Crippen molar-refractivity contribution in [3.63, 3.8) is 0 Å². The highest BCUT2D eigenvalue weighted by Crippen LogP contribution is 2.13. The van der Waals surface area contributed by atoms with E-state index in [9.17, 15) is 13.2 Å². The van der Waals surface area contributed by atoms with Crippen LogP contribution in [0.1, 0.15) is 29.8 Å². The Bertz CT molecular complexity index is 693. The third kappa shape index (κ3) is 6.37. The van der Waals surface area contributed by atoms with Gasteiger partial charge in [0.15, 0.2) is 9.84 Å². The van der Waals surface area contributed by atoms with Crippen LogP contribution in [-0.4, -0.2) is 76.2 Å². The Kier molecular flexibility index (Phi) is 7.20. The summed E-state index contributed by atoms with van der Waals surface area (Å²) in [4.78, 5) is 17.2. The first-order valence-corrected chi connectivity index (χ1v) is 11.2. The summed E-state index contributed by atoms with van der Waals surface area (Å²) in [5, 5.41) is 3.04. The van der Waals surface area contributed by atoms with E-state index in [0.29, 0.717) is 29.6 Å². The normalized spacial score (nSPS) is 18.0. The SMILES string of the molecule is CC(C)C(CNC(=O)c1ccc(CS(C)(=O)=O)cc1)N1CCN(C)CC1. The Hall–Kier alpha value is -1.44. The molecule has 1 fully saturated rings. The Labute approximate surface area is 157 Å². The minimum Gasteiger partial charge on any atom is -0.350 e. The minimum absolute atomic E-state index is 0.00622. The zero-order chi connectivity index (χ0) is 19.3. The van der Waals surface area contributed by atoms with Crippen LogP contribution < -0.4 is 5.32 Å². The lowest BCUT2D eigenvalue weighted by Crippen LogP contribution is -2.54. The maximum absolute atomic E-state index is 12.4. The van der Waals surface area contributed by atoms with Crippen molar-refractivity contribution >= 4 is 15.7 Å². The molecule has 1 unspecified atom stereocenters. The predicted octanol–water partition coefficient (Wildman–Crippen LogP) is 1.23. The zero-order valence-corrected chi connectivity index (χ0v) is 17.1. The average molecular weight is 382 g/mol. The maximum atomic E-state index is 12.4. The molecule has 1 N–H and O–H groups in total. The van der Waals surface area contributed by atoms with Gasteiger partial charge in [0.1, 0.15) is 0 Å². The van der Waals surface area contributed by atoms with E-state index in [1.165, 1.54) is 6.26 Å². The van der Waals surface area contributed by atoms with E-state index in [0.717, 1.165) is 26.2 Å². The molecule has 1 aliphatic heterocycles. The maximum Gasteiger partial charge on any atom is 0.251 e. The van der Waals surface area contributed by atoms with Crippen LogP contribution in [0, 0.1) is 5.92 Å². The van der Waals surface area contributed by atoms with E-state index < -0.39 is 9.84 Å². The van der Waals surface area contributed by atoms with Gasteiger partial charge in [-0.1, -0.05) is 26.0 Å². The third-order valence-electron chi connectivity index (χ3n) is 4.89. The van der Waals surface area contributed by atoms with Gasteiger partial charge in [-0.2, -0.15) is 0 Å². The van der Waals surface area contributed by atoms with Gasteiger partial charge < -0.3 is 10.2 Å². The third-order valence-corrected chi connectivity index (χ3v) is 5.75. The largest absolute Gasteiger partial charge is 0.350 e. The molecular formula is C19H31N3O3S. The summed E-state index contributed by atoms with van der Waals surface area (Å²) in [6.45, 7) is 9.15. The first-order chi connectivity index (χ1) is 12.2. The van der Waals surface area contributed by atoms with Crippen LogP contribution in [0.3, 0.4) is 0 Å². The van der Waals surface area contributed by atoms with Crippen molar-refractivity contribution < 1.29 is 13.2 Å². The molecule has 0 spiro atoms. The van der Waals surface area contributed by atoms with Gasteiger partial charge in [-0.05, 0) is 30.7 Å². The van der Waals surface area contributed by atoms with Crippen molar-refractivity contribution in [2.45, 2.75) is 25.6 Å². The number of carbonyl (C=O) groups is 1. The molecular weight excluding hydrogens is 350 g/mol. The monoisotopic (exact) mass is 381 g/mol. The Morgan fingerprint density at radius 1 is 1.12 bits per heavy atom. The number of rotatable bonds is 7. The number of nitrogens with zero attached hydrogens (tertiary/aromatic N) is 2. The van der Waals surface area contributed by atoms with Gasteiger partial charge >= 0.3 is 0 Å². The number of piperazine rings is 1. The van der Waals surface area contributed by atoms with E-state index in [1.54, 1.807) is 24.3 Å². The number of sulfone groups is 1. The molecule has 0 bridgehead atoms. The molecule has 1 aromatic carbocycles. The van der Waals surface area contributed by atoms with E-state index in [1.807, 2.05) is 0 Å². The van der Waals surface area contributed by atoms with E-state index in [4.69, 9.17) is 0 Å². The van der Waals surface area contributed by atoms with E-state index >= 15 is 0 Å². The molecule has 146 valence electrons. The quantitative estimate of drug-likeness (QED) is 0.769. The summed E-state index contributed by atoms with van der Waals surface area (Å²) in [5.41, 5.74) is 1.25. The second-order valence-electron chi connectivity index (χ2n) is 7.63.